The van der Waals surface area contributed by atoms with E-state index < -0.39 is 0 Å². The van der Waals surface area contributed by atoms with E-state index in [-0.39, 0.29) is 23.6 Å². The van der Waals surface area contributed by atoms with Crippen molar-refractivity contribution in [2.45, 2.75) is 39.8 Å². The Labute approximate surface area is 118 Å². The van der Waals surface area contributed by atoms with Crippen LogP contribution in [0.25, 0.3) is 0 Å². The number of rotatable bonds is 4. The predicted molar refractivity (Wildman–Crippen MR) is 75.7 cm³/mol. The van der Waals surface area contributed by atoms with Crippen LogP contribution in [0.15, 0.2) is 22.7 Å². The fourth-order valence-corrected chi connectivity index (χ4v) is 2.55. The molecule has 2 atom stereocenters. The minimum atomic E-state index is -0.0701. The third kappa shape index (κ3) is 2.77. The first-order valence-electron chi connectivity index (χ1n) is 6.60. The summed E-state index contributed by atoms with van der Waals surface area (Å²) in [7, 11) is 0. The number of hydrogen-bond donors (Lipinski definition) is 3. The first-order chi connectivity index (χ1) is 9.40. The van der Waals surface area contributed by atoms with Gasteiger partial charge >= 0.3 is 0 Å². The zero-order valence-electron chi connectivity index (χ0n) is 12.1. The maximum absolute atomic E-state index is 9.88. The van der Waals surface area contributed by atoms with Crippen molar-refractivity contribution in [1.82, 2.24) is 10.5 Å². The van der Waals surface area contributed by atoms with Crippen molar-refractivity contribution in [1.29, 1.82) is 0 Å². The second-order valence-corrected chi connectivity index (χ2v) is 5.09. The van der Waals surface area contributed by atoms with Crippen LogP contribution in [0.3, 0.4) is 0 Å². The molecule has 0 aliphatic heterocycles. The number of hydrogen-bond acceptors (Lipinski definition) is 5. The molecule has 5 nitrogen and oxygen atoms in total. The summed E-state index contributed by atoms with van der Waals surface area (Å²) < 4.78 is 5.17. The third-order valence-corrected chi connectivity index (χ3v) is 3.50. The molecule has 0 spiro atoms. The van der Waals surface area contributed by atoms with Gasteiger partial charge in [-0.25, -0.2) is 0 Å². The van der Waals surface area contributed by atoms with Crippen LogP contribution in [0.2, 0.25) is 0 Å². The molecule has 108 valence electrons. The topological polar surface area (TPSA) is 78.5 Å². The van der Waals surface area contributed by atoms with Gasteiger partial charge in [-0.1, -0.05) is 11.2 Å². The Balaban J connectivity index is 2.17. The van der Waals surface area contributed by atoms with Gasteiger partial charge in [0.25, 0.3) is 0 Å². The Kier molecular flexibility index (Phi) is 3.99. The molecule has 2 aromatic rings. The molecule has 1 aromatic heterocycles. The molecule has 2 rings (SSSR count). The average Bonchev–Trinajstić information content (AvgIpc) is 2.68. The molecule has 0 amide bonds. The van der Waals surface area contributed by atoms with E-state index in [4.69, 9.17) is 4.52 Å². The Hall–Kier alpha value is -2.01. The molecular formula is C15H20N2O3. The van der Waals surface area contributed by atoms with Crippen LogP contribution in [0, 0.1) is 13.8 Å². The maximum atomic E-state index is 9.88. The van der Waals surface area contributed by atoms with Gasteiger partial charge in [0, 0.05) is 29.3 Å². The lowest BCUT2D eigenvalue weighted by Gasteiger charge is -2.21. The Bertz CT molecular complexity index is 588. The molecule has 1 aromatic carbocycles. The molecule has 5 heteroatoms. The number of aromatic nitrogens is 1. The van der Waals surface area contributed by atoms with Gasteiger partial charge in [-0.2, -0.15) is 0 Å². The van der Waals surface area contributed by atoms with E-state index in [1.54, 1.807) is 12.1 Å². The van der Waals surface area contributed by atoms with E-state index in [9.17, 15) is 10.2 Å². The van der Waals surface area contributed by atoms with Crippen molar-refractivity contribution in [2.24, 2.45) is 0 Å². The van der Waals surface area contributed by atoms with E-state index in [0.29, 0.717) is 0 Å². The fraction of sp³-hybridized carbons (Fsp3) is 0.400. The van der Waals surface area contributed by atoms with E-state index in [1.165, 1.54) is 6.07 Å². The normalized spacial score (nSPS) is 14.2. The van der Waals surface area contributed by atoms with Crippen LogP contribution < -0.4 is 5.32 Å². The third-order valence-electron chi connectivity index (χ3n) is 3.50. The van der Waals surface area contributed by atoms with Crippen LogP contribution in [0.1, 0.15) is 48.5 Å². The van der Waals surface area contributed by atoms with Gasteiger partial charge in [0.1, 0.15) is 17.3 Å². The van der Waals surface area contributed by atoms with Crippen molar-refractivity contribution in [3.8, 4) is 11.5 Å². The highest BCUT2D eigenvalue weighted by Crippen LogP contribution is 2.30. The molecule has 0 aliphatic rings. The van der Waals surface area contributed by atoms with Crippen molar-refractivity contribution in [2.75, 3.05) is 0 Å². The number of nitrogens with one attached hydrogen (secondary N) is 1. The number of aryl methyl sites for hydroxylation is 2. The quantitative estimate of drug-likeness (QED) is 0.799. The molecule has 0 fully saturated rings. The van der Waals surface area contributed by atoms with Crippen molar-refractivity contribution in [3.63, 3.8) is 0 Å². The summed E-state index contributed by atoms with van der Waals surface area (Å²) in [5.74, 6) is 0.929. The van der Waals surface area contributed by atoms with Gasteiger partial charge < -0.3 is 20.1 Å². The van der Waals surface area contributed by atoms with Crippen LogP contribution in [0.4, 0.5) is 0 Å². The lowest BCUT2D eigenvalue weighted by molar-refractivity contribution is 0.389. The van der Waals surface area contributed by atoms with Crippen molar-refractivity contribution in [3.05, 3.63) is 40.8 Å². The lowest BCUT2D eigenvalue weighted by atomic mass is 10.0. The second-order valence-electron chi connectivity index (χ2n) is 5.09. The van der Waals surface area contributed by atoms with E-state index in [2.05, 4.69) is 10.5 Å². The highest BCUT2D eigenvalue weighted by atomic mass is 16.5. The number of benzene rings is 1. The minimum absolute atomic E-state index is 0.0458. The van der Waals surface area contributed by atoms with E-state index >= 15 is 0 Å². The smallest absolute Gasteiger partial charge is 0.138 e. The average molecular weight is 276 g/mol. The summed E-state index contributed by atoms with van der Waals surface area (Å²) in [6.45, 7) is 7.78. The van der Waals surface area contributed by atoms with E-state index in [1.807, 2.05) is 27.7 Å². The maximum Gasteiger partial charge on any atom is 0.138 e. The van der Waals surface area contributed by atoms with E-state index in [0.717, 1.165) is 22.6 Å². The Morgan fingerprint density at radius 3 is 2.40 bits per heavy atom. The summed E-state index contributed by atoms with van der Waals surface area (Å²) in [6.07, 6.45) is 0. The summed E-state index contributed by atoms with van der Waals surface area (Å²) in [5.41, 5.74) is 2.64. The molecule has 2 unspecified atom stereocenters. The number of phenolic OH excluding ortho intramolecular Hbond substituents is 2. The predicted octanol–water partition coefficient (Wildman–Crippen LogP) is 3.11. The first-order valence-corrected chi connectivity index (χ1v) is 6.60. The summed E-state index contributed by atoms with van der Waals surface area (Å²) in [5, 5.41) is 26.6. The standard InChI is InChI=1S/C15H20N2O3/c1-8(13-6-5-12(18)7-14(13)19)16-9(2)15-10(3)17-20-11(15)4/h5-9,16,18-19H,1-4H3. The monoisotopic (exact) mass is 276 g/mol. The molecule has 0 saturated carbocycles. The molecule has 0 saturated heterocycles. The lowest BCUT2D eigenvalue weighted by Crippen LogP contribution is -2.23. The van der Waals surface area contributed by atoms with Gasteiger partial charge in [0.2, 0.25) is 0 Å². The summed E-state index contributed by atoms with van der Waals surface area (Å²) >= 11 is 0. The van der Waals surface area contributed by atoms with Crippen molar-refractivity contribution < 1.29 is 14.7 Å². The number of nitrogens with zero attached hydrogens (tertiary/aromatic N) is 1. The van der Waals surface area contributed by atoms with Crippen LogP contribution in [-0.2, 0) is 0 Å². The molecule has 0 aliphatic carbocycles. The second kappa shape index (κ2) is 5.54. The molecule has 20 heavy (non-hydrogen) atoms. The van der Waals surface area contributed by atoms with Crippen LogP contribution in [-0.4, -0.2) is 15.4 Å². The highest BCUT2D eigenvalue weighted by molar-refractivity contribution is 5.40. The highest BCUT2D eigenvalue weighted by Gasteiger charge is 2.19. The zero-order valence-corrected chi connectivity index (χ0v) is 12.1. The number of aromatic hydroxyl groups is 2. The molecule has 3 N–H and O–H groups in total. The van der Waals surface area contributed by atoms with Crippen LogP contribution in [0.5, 0.6) is 11.5 Å². The van der Waals surface area contributed by atoms with Gasteiger partial charge in [-0.3, -0.25) is 0 Å². The van der Waals surface area contributed by atoms with Gasteiger partial charge in [-0.15, -0.1) is 0 Å². The molecule has 0 radical (unpaired) electrons. The SMILES string of the molecule is Cc1noc(C)c1C(C)NC(C)c1ccc(O)cc1O. The number of phenols is 2. The molecular weight excluding hydrogens is 256 g/mol. The first kappa shape index (κ1) is 14.4. The molecule has 0 bridgehead atoms. The molecule has 1 heterocycles. The Morgan fingerprint density at radius 2 is 1.85 bits per heavy atom. The summed E-state index contributed by atoms with van der Waals surface area (Å²) in [4.78, 5) is 0. The largest absolute Gasteiger partial charge is 0.508 e. The summed E-state index contributed by atoms with van der Waals surface area (Å²) in [6, 6.07) is 4.59. The van der Waals surface area contributed by atoms with Crippen molar-refractivity contribution >= 4 is 0 Å². The van der Waals surface area contributed by atoms with Gasteiger partial charge in [-0.05, 0) is 33.8 Å². The minimum Gasteiger partial charge on any atom is -0.508 e. The zero-order chi connectivity index (χ0) is 14.9. The Morgan fingerprint density at radius 1 is 1.15 bits per heavy atom. The van der Waals surface area contributed by atoms with Crippen LogP contribution >= 0.6 is 0 Å². The van der Waals surface area contributed by atoms with Gasteiger partial charge in [0.05, 0.1) is 5.69 Å². The fourth-order valence-electron chi connectivity index (χ4n) is 2.55. The van der Waals surface area contributed by atoms with Gasteiger partial charge in [0.15, 0.2) is 0 Å².